The molecular weight excluding hydrogens is 240 g/mol. The normalized spacial score (nSPS) is 12.1. The number of nitrogens with one attached hydrogen (secondary N) is 1. The summed E-state index contributed by atoms with van der Waals surface area (Å²) in [5.74, 6) is 0.974. The lowest BCUT2D eigenvalue weighted by molar-refractivity contribution is 0.250. The summed E-state index contributed by atoms with van der Waals surface area (Å²) < 4.78 is 5.65. The molecule has 0 bridgehead atoms. The van der Waals surface area contributed by atoms with Gasteiger partial charge in [-0.15, -0.1) is 0 Å². The first-order chi connectivity index (χ1) is 9.13. The van der Waals surface area contributed by atoms with Crippen LogP contribution in [0.5, 0.6) is 5.88 Å². The zero-order valence-electron chi connectivity index (χ0n) is 11.2. The van der Waals surface area contributed by atoms with Gasteiger partial charge in [-0.2, -0.15) is 0 Å². The quantitative estimate of drug-likeness (QED) is 0.895. The van der Waals surface area contributed by atoms with Gasteiger partial charge in [-0.1, -0.05) is 6.92 Å². The van der Waals surface area contributed by atoms with Crippen LogP contribution < -0.4 is 10.3 Å². The van der Waals surface area contributed by atoms with E-state index in [-0.39, 0.29) is 5.56 Å². The largest absolute Gasteiger partial charge is 0.477 e. The summed E-state index contributed by atoms with van der Waals surface area (Å²) in [5, 5.41) is 0. The second-order valence-electron chi connectivity index (χ2n) is 4.85. The van der Waals surface area contributed by atoms with Gasteiger partial charge in [0.05, 0.1) is 6.61 Å². The highest BCUT2D eigenvalue weighted by atomic mass is 16.5. The maximum Gasteiger partial charge on any atom is 0.248 e. The van der Waals surface area contributed by atoms with Crippen LogP contribution in [0.25, 0.3) is 0 Å². The topological polar surface area (TPSA) is 55.0 Å². The van der Waals surface area contributed by atoms with Gasteiger partial charge in [-0.05, 0) is 42.5 Å². The second kappa shape index (κ2) is 6.18. The summed E-state index contributed by atoms with van der Waals surface area (Å²) >= 11 is 0. The van der Waals surface area contributed by atoms with Gasteiger partial charge in [0.1, 0.15) is 0 Å². The molecule has 4 heteroatoms. The summed E-state index contributed by atoms with van der Waals surface area (Å²) in [6.45, 7) is 4.69. The van der Waals surface area contributed by atoms with Crippen molar-refractivity contribution in [3.63, 3.8) is 0 Å². The fourth-order valence-corrected chi connectivity index (χ4v) is 1.89. The Hall–Kier alpha value is -2.10. The maximum absolute atomic E-state index is 11.2. The molecule has 4 nitrogen and oxygen atoms in total. The molecule has 0 saturated carbocycles. The summed E-state index contributed by atoms with van der Waals surface area (Å²) in [4.78, 5) is 18.0. The van der Waals surface area contributed by atoms with Crippen LogP contribution in [0, 0.1) is 12.8 Å². The first kappa shape index (κ1) is 13.3. The van der Waals surface area contributed by atoms with E-state index < -0.39 is 0 Å². The van der Waals surface area contributed by atoms with Crippen LogP contribution in [-0.4, -0.2) is 16.6 Å². The molecule has 1 N–H and O–H groups in total. The third kappa shape index (κ3) is 4.25. The van der Waals surface area contributed by atoms with Crippen molar-refractivity contribution in [3.8, 4) is 5.88 Å². The Morgan fingerprint density at radius 2 is 2.21 bits per heavy atom. The highest BCUT2D eigenvalue weighted by molar-refractivity contribution is 5.18. The SMILES string of the molecule is Cc1ccnc(OC[C@H](C)Cc2cc[nH]c(=O)c2)c1. The molecule has 1 atom stereocenters. The van der Waals surface area contributed by atoms with Gasteiger partial charge in [-0.3, -0.25) is 4.79 Å². The fraction of sp³-hybridized carbons (Fsp3) is 0.333. The Kier molecular flexibility index (Phi) is 4.34. The highest BCUT2D eigenvalue weighted by Crippen LogP contribution is 2.11. The summed E-state index contributed by atoms with van der Waals surface area (Å²) in [6.07, 6.45) is 4.23. The number of aromatic amines is 1. The Labute approximate surface area is 112 Å². The fourth-order valence-electron chi connectivity index (χ4n) is 1.89. The minimum atomic E-state index is -0.0639. The molecule has 0 fully saturated rings. The molecule has 19 heavy (non-hydrogen) atoms. The zero-order valence-corrected chi connectivity index (χ0v) is 11.2. The van der Waals surface area contributed by atoms with E-state index in [0.29, 0.717) is 18.4 Å². The van der Waals surface area contributed by atoms with Crippen molar-refractivity contribution >= 4 is 0 Å². The first-order valence-corrected chi connectivity index (χ1v) is 6.36. The Bertz CT molecular complexity index is 592. The summed E-state index contributed by atoms with van der Waals surface area (Å²) in [5.41, 5.74) is 2.09. The van der Waals surface area contributed by atoms with Crippen molar-refractivity contribution in [2.24, 2.45) is 5.92 Å². The molecule has 2 rings (SSSR count). The van der Waals surface area contributed by atoms with Gasteiger partial charge >= 0.3 is 0 Å². The van der Waals surface area contributed by atoms with Crippen molar-refractivity contribution in [1.82, 2.24) is 9.97 Å². The van der Waals surface area contributed by atoms with Crippen LogP contribution in [0.3, 0.4) is 0 Å². The molecule has 0 aliphatic heterocycles. The van der Waals surface area contributed by atoms with E-state index in [4.69, 9.17) is 4.74 Å². The molecule has 0 aliphatic carbocycles. The molecule has 0 radical (unpaired) electrons. The lowest BCUT2D eigenvalue weighted by Gasteiger charge is -2.12. The number of pyridine rings is 2. The monoisotopic (exact) mass is 258 g/mol. The van der Waals surface area contributed by atoms with Crippen LogP contribution in [0.1, 0.15) is 18.1 Å². The third-order valence-electron chi connectivity index (χ3n) is 2.83. The number of nitrogens with zero attached hydrogens (tertiary/aromatic N) is 1. The van der Waals surface area contributed by atoms with Crippen LogP contribution in [0.2, 0.25) is 0 Å². The maximum atomic E-state index is 11.2. The number of rotatable bonds is 5. The number of aromatic nitrogens is 2. The van der Waals surface area contributed by atoms with E-state index in [1.54, 1.807) is 18.5 Å². The number of ether oxygens (including phenoxy) is 1. The van der Waals surface area contributed by atoms with E-state index >= 15 is 0 Å². The van der Waals surface area contributed by atoms with Gasteiger partial charge in [0, 0.05) is 24.5 Å². The van der Waals surface area contributed by atoms with E-state index in [2.05, 4.69) is 16.9 Å². The molecule has 2 heterocycles. The summed E-state index contributed by atoms with van der Waals surface area (Å²) in [6, 6.07) is 7.40. The number of hydrogen-bond donors (Lipinski definition) is 1. The number of H-pyrrole nitrogens is 1. The lowest BCUT2D eigenvalue weighted by atomic mass is 10.0. The van der Waals surface area contributed by atoms with E-state index in [1.165, 1.54) is 0 Å². The number of hydrogen-bond acceptors (Lipinski definition) is 3. The van der Waals surface area contributed by atoms with Crippen molar-refractivity contribution in [3.05, 3.63) is 58.1 Å². The molecule has 0 aliphatic rings. The van der Waals surface area contributed by atoms with E-state index in [0.717, 1.165) is 17.5 Å². The van der Waals surface area contributed by atoms with Crippen molar-refractivity contribution in [2.45, 2.75) is 20.3 Å². The smallest absolute Gasteiger partial charge is 0.248 e. The van der Waals surface area contributed by atoms with Crippen molar-refractivity contribution in [1.29, 1.82) is 0 Å². The predicted molar refractivity (Wildman–Crippen MR) is 74.4 cm³/mol. The molecular formula is C15H18N2O2. The molecule has 0 unspecified atom stereocenters. The molecule has 0 spiro atoms. The standard InChI is InChI=1S/C15H18N2O2/c1-11-3-5-17-15(8-11)19-10-12(2)7-13-4-6-16-14(18)9-13/h3-6,8-9,12H,7,10H2,1-2H3,(H,16,18)/t12-/m1/s1. The van der Waals surface area contributed by atoms with Crippen LogP contribution >= 0.6 is 0 Å². The Morgan fingerprint density at radius 3 is 2.95 bits per heavy atom. The van der Waals surface area contributed by atoms with Gasteiger partial charge in [-0.25, -0.2) is 4.98 Å². The first-order valence-electron chi connectivity index (χ1n) is 6.36. The average Bonchev–Trinajstić information content (AvgIpc) is 2.36. The molecule has 0 aromatic carbocycles. The minimum absolute atomic E-state index is 0.0639. The van der Waals surface area contributed by atoms with Crippen LogP contribution in [0.15, 0.2) is 41.5 Å². The molecule has 2 aromatic rings. The van der Waals surface area contributed by atoms with Gasteiger partial charge in [0.25, 0.3) is 0 Å². The van der Waals surface area contributed by atoms with E-state index in [9.17, 15) is 4.79 Å². The summed E-state index contributed by atoms with van der Waals surface area (Å²) in [7, 11) is 0. The van der Waals surface area contributed by atoms with Crippen molar-refractivity contribution in [2.75, 3.05) is 6.61 Å². The lowest BCUT2D eigenvalue weighted by Crippen LogP contribution is -2.13. The van der Waals surface area contributed by atoms with E-state index in [1.807, 2.05) is 25.1 Å². The molecule has 0 saturated heterocycles. The van der Waals surface area contributed by atoms with Gasteiger partial charge < -0.3 is 9.72 Å². The second-order valence-corrected chi connectivity index (χ2v) is 4.85. The van der Waals surface area contributed by atoms with Gasteiger partial charge in [0.2, 0.25) is 11.4 Å². The highest BCUT2D eigenvalue weighted by Gasteiger charge is 2.06. The molecule has 2 aromatic heterocycles. The zero-order chi connectivity index (χ0) is 13.7. The minimum Gasteiger partial charge on any atom is -0.477 e. The van der Waals surface area contributed by atoms with Crippen molar-refractivity contribution < 1.29 is 4.74 Å². The molecule has 0 amide bonds. The Morgan fingerprint density at radius 1 is 1.37 bits per heavy atom. The number of aryl methyl sites for hydroxylation is 1. The average molecular weight is 258 g/mol. The van der Waals surface area contributed by atoms with Crippen LogP contribution in [-0.2, 0) is 6.42 Å². The predicted octanol–water partition coefficient (Wildman–Crippen LogP) is 2.34. The molecule has 100 valence electrons. The van der Waals surface area contributed by atoms with Gasteiger partial charge in [0.15, 0.2) is 0 Å². The Balaban J connectivity index is 1.88. The third-order valence-corrected chi connectivity index (χ3v) is 2.83. The van der Waals surface area contributed by atoms with Crippen LogP contribution in [0.4, 0.5) is 0 Å².